The molecule has 2 amide bonds. The van der Waals surface area contributed by atoms with Gasteiger partial charge in [-0.15, -0.1) is 0 Å². The Bertz CT molecular complexity index is 355. The van der Waals surface area contributed by atoms with Gasteiger partial charge in [0.25, 0.3) is 0 Å². The molecule has 19 heavy (non-hydrogen) atoms. The van der Waals surface area contributed by atoms with Crippen molar-refractivity contribution in [3.05, 3.63) is 0 Å². The second-order valence-corrected chi connectivity index (χ2v) is 5.91. The monoisotopic (exact) mass is 264 g/mol. The molecule has 2 aliphatic rings. The Kier molecular flexibility index (Phi) is 4.65. The van der Waals surface area contributed by atoms with Crippen molar-refractivity contribution in [1.82, 2.24) is 15.1 Å². The number of nitrogens with one attached hydrogen (secondary N) is 1. The van der Waals surface area contributed by atoms with Gasteiger partial charge in [-0.25, -0.2) is 4.79 Å². The molecule has 0 radical (unpaired) electrons. The van der Waals surface area contributed by atoms with E-state index in [1.165, 1.54) is 0 Å². The lowest BCUT2D eigenvalue weighted by Crippen LogP contribution is -2.49. The molecule has 2 saturated heterocycles. The predicted octanol–water partition coefficient (Wildman–Crippen LogP) is 1.41. The van der Waals surface area contributed by atoms with Crippen molar-refractivity contribution in [3.8, 4) is 6.07 Å². The Labute approximate surface area is 115 Å². The first kappa shape index (κ1) is 14.1. The molecule has 0 bridgehead atoms. The third kappa shape index (κ3) is 3.60. The number of nitriles is 1. The second-order valence-electron chi connectivity index (χ2n) is 5.91. The van der Waals surface area contributed by atoms with Crippen LogP contribution in [0.1, 0.15) is 33.1 Å². The van der Waals surface area contributed by atoms with E-state index in [-0.39, 0.29) is 11.9 Å². The van der Waals surface area contributed by atoms with Crippen molar-refractivity contribution < 1.29 is 4.79 Å². The first-order chi connectivity index (χ1) is 9.10. The largest absolute Gasteiger partial charge is 0.335 e. The molecule has 0 saturated carbocycles. The van der Waals surface area contributed by atoms with Gasteiger partial charge in [0.1, 0.15) is 0 Å². The van der Waals surface area contributed by atoms with Crippen LogP contribution in [0, 0.1) is 17.2 Å². The maximum absolute atomic E-state index is 12.1. The zero-order chi connectivity index (χ0) is 13.8. The zero-order valence-electron chi connectivity index (χ0n) is 11.9. The molecule has 0 spiro atoms. The highest BCUT2D eigenvalue weighted by Gasteiger charge is 2.28. The van der Waals surface area contributed by atoms with Crippen LogP contribution in [0.25, 0.3) is 0 Å². The van der Waals surface area contributed by atoms with Crippen LogP contribution in [0.15, 0.2) is 0 Å². The van der Waals surface area contributed by atoms with Crippen LogP contribution in [0.3, 0.4) is 0 Å². The van der Waals surface area contributed by atoms with E-state index >= 15 is 0 Å². The minimum atomic E-state index is 0.0146. The molecule has 1 atom stereocenters. The van der Waals surface area contributed by atoms with Crippen LogP contribution in [0.2, 0.25) is 0 Å². The summed E-state index contributed by atoms with van der Waals surface area (Å²) in [6.07, 6.45) is 2.87. The zero-order valence-corrected chi connectivity index (χ0v) is 11.9. The van der Waals surface area contributed by atoms with E-state index in [2.05, 4.69) is 30.1 Å². The maximum Gasteiger partial charge on any atom is 0.317 e. The minimum absolute atomic E-state index is 0.0146. The molecule has 1 unspecified atom stereocenters. The number of carbonyl (C=O) groups is 1. The van der Waals surface area contributed by atoms with Crippen molar-refractivity contribution in [2.45, 2.75) is 45.2 Å². The van der Waals surface area contributed by atoms with E-state index in [0.29, 0.717) is 18.6 Å². The highest BCUT2D eigenvalue weighted by Crippen LogP contribution is 2.17. The van der Waals surface area contributed by atoms with E-state index in [1.807, 2.05) is 0 Å². The first-order valence-corrected chi connectivity index (χ1v) is 7.29. The molecule has 2 heterocycles. The standard InChI is InChI=1S/C14H24N4O/c1-11(2)17-7-4-13(5-8-17)16-14(19)18-6-3-12(9-15)10-18/h11-13H,3-8,10H2,1-2H3,(H,16,19). The lowest BCUT2D eigenvalue weighted by molar-refractivity contribution is 0.155. The van der Waals surface area contributed by atoms with Gasteiger partial charge < -0.3 is 15.1 Å². The SMILES string of the molecule is CC(C)N1CCC(NC(=O)N2CCC(C#N)C2)CC1. The molecule has 0 aromatic carbocycles. The summed E-state index contributed by atoms with van der Waals surface area (Å²) >= 11 is 0. The quantitative estimate of drug-likeness (QED) is 0.820. The average Bonchev–Trinajstić information content (AvgIpc) is 2.88. The van der Waals surface area contributed by atoms with Crippen LogP contribution in [0.5, 0.6) is 0 Å². The number of carbonyl (C=O) groups excluding carboxylic acids is 1. The van der Waals surface area contributed by atoms with Gasteiger partial charge in [0.15, 0.2) is 0 Å². The molecule has 0 aromatic rings. The molecule has 0 aromatic heterocycles. The van der Waals surface area contributed by atoms with E-state index in [4.69, 9.17) is 5.26 Å². The predicted molar refractivity (Wildman–Crippen MR) is 73.6 cm³/mol. The van der Waals surface area contributed by atoms with Gasteiger partial charge in [-0.3, -0.25) is 0 Å². The Morgan fingerprint density at radius 1 is 1.26 bits per heavy atom. The van der Waals surface area contributed by atoms with Gasteiger partial charge >= 0.3 is 6.03 Å². The number of hydrogen-bond donors (Lipinski definition) is 1. The fraction of sp³-hybridized carbons (Fsp3) is 0.857. The maximum atomic E-state index is 12.1. The van der Waals surface area contributed by atoms with Gasteiger partial charge in [0, 0.05) is 38.3 Å². The van der Waals surface area contributed by atoms with Crippen molar-refractivity contribution in [3.63, 3.8) is 0 Å². The summed E-state index contributed by atoms with van der Waals surface area (Å²) in [5.41, 5.74) is 0. The van der Waals surface area contributed by atoms with Crippen molar-refractivity contribution in [2.75, 3.05) is 26.2 Å². The molecular weight excluding hydrogens is 240 g/mol. The summed E-state index contributed by atoms with van der Waals surface area (Å²) in [4.78, 5) is 16.3. The number of nitrogens with zero attached hydrogens (tertiary/aromatic N) is 3. The molecule has 1 N–H and O–H groups in total. The van der Waals surface area contributed by atoms with E-state index in [0.717, 1.165) is 38.9 Å². The van der Waals surface area contributed by atoms with Gasteiger partial charge in [-0.1, -0.05) is 0 Å². The fourth-order valence-corrected chi connectivity index (χ4v) is 2.88. The summed E-state index contributed by atoms with van der Waals surface area (Å²) < 4.78 is 0. The summed E-state index contributed by atoms with van der Waals surface area (Å²) in [6, 6.07) is 3.14. The van der Waals surface area contributed by atoms with Crippen LogP contribution in [-0.2, 0) is 0 Å². The number of piperidine rings is 1. The fourth-order valence-electron chi connectivity index (χ4n) is 2.88. The Hall–Kier alpha value is -1.28. The van der Waals surface area contributed by atoms with Crippen LogP contribution in [-0.4, -0.2) is 54.1 Å². The first-order valence-electron chi connectivity index (χ1n) is 7.29. The smallest absolute Gasteiger partial charge is 0.317 e. The molecule has 0 aliphatic carbocycles. The number of hydrogen-bond acceptors (Lipinski definition) is 3. The van der Waals surface area contributed by atoms with E-state index in [9.17, 15) is 4.79 Å². The average molecular weight is 264 g/mol. The number of amides is 2. The Morgan fingerprint density at radius 3 is 2.47 bits per heavy atom. The Balaban J connectivity index is 1.74. The third-order valence-electron chi connectivity index (χ3n) is 4.25. The lowest BCUT2D eigenvalue weighted by atomic mass is 10.0. The third-order valence-corrected chi connectivity index (χ3v) is 4.25. The van der Waals surface area contributed by atoms with E-state index < -0.39 is 0 Å². The molecule has 5 nitrogen and oxygen atoms in total. The van der Waals surface area contributed by atoms with Crippen molar-refractivity contribution in [1.29, 1.82) is 5.26 Å². The number of rotatable bonds is 2. The summed E-state index contributed by atoms with van der Waals surface area (Å²) in [5, 5.41) is 12.0. The number of likely N-dealkylation sites (tertiary alicyclic amines) is 2. The van der Waals surface area contributed by atoms with Crippen molar-refractivity contribution in [2.24, 2.45) is 5.92 Å². The molecule has 106 valence electrons. The highest BCUT2D eigenvalue weighted by atomic mass is 16.2. The molecule has 2 fully saturated rings. The molecule has 5 heteroatoms. The lowest BCUT2D eigenvalue weighted by Gasteiger charge is -2.35. The second kappa shape index (κ2) is 6.25. The van der Waals surface area contributed by atoms with Crippen LogP contribution in [0.4, 0.5) is 4.79 Å². The molecule has 2 rings (SSSR count). The summed E-state index contributed by atoms with van der Waals surface area (Å²) in [5.74, 6) is 0.0218. The molecule has 2 aliphatic heterocycles. The summed E-state index contributed by atoms with van der Waals surface area (Å²) in [7, 11) is 0. The number of urea groups is 1. The van der Waals surface area contributed by atoms with Crippen LogP contribution >= 0.6 is 0 Å². The van der Waals surface area contributed by atoms with Gasteiger partial charge in [-0.05, 0) is 33.1 Å². The topological polar surface area (TPSA) is 59.4 Å². The van der Waals surface area contributed by atoms with Gasteiger partial charge in [0.2, 0.25) is 0 Å². The summed E-state index contributed by atoms with van der Waals surface area (Å²) in [6.45, 7) is 7.85. The van der Waals surface area contributed by atoms with Gasteiger partial charge in [0.05, 0.1) is 12.0 Å². The Morgan fingerprint density at radius 2 is 1.95 bits per heavy atom. The van der Waals surface area contributed by atoms with E-state index in [1.54, 1.807) is 4.90 Å². The van der Waals surface area contributed by atoms with Gasteiger partial charge in [-0.2, -0.15) is 5.26 Å². The van der Waals surface area contributed by atoms with Crippen LogP contribution < -0.4 is 5.32 Å². The highest BCUT2D eigenvalue weighted by molar-refractivity contribution is 5.74. The molecular formula is C14H24N4O. The minimum Gasteiger partial charge on any atom is -0.335 e. The normalized spacial score (nSPS) is 25.6. The van der Waals surface area contributed by atoms with Crippen molar-refractivity contribution >= 4 is 6.03 Å².